The van der Waals surface area contributed by atoms with Crippen LogP contribution in [0.5, 0.6) is 0 Å². The topological polar surface area (TPSA) is 95.3 Å². The number of amides is 1. The summed E-state index contributed by atoms with van der Waals surface area (Å²) in [5, 5.41) is 19.0. The molecule has 0 fully saturated rings. The lowest BCUT2D eigenvalue weighted by molar-refractivity contribution is -0.119. The standard InChI is InChI=1S/C26H25N5O2/c1-16-12-21(18(3)31(16)26-23(13-27)17(2)19(4)33-26)14-29-30-25(32)15-28-24-11-7-9-20-8-5-6-10-22(20)24/h5-12,14,28H,15H2,1-4H3,(H,30,32)/b29-14-. The van der Waals surface area contributed by atoms with Gasteiger partial charge >= 0.3 is 0 Å². The van der Waals surface area contributed by atoms with Gasteiger partial charge in [0.15, 0.2) is 0 Å². The summed E-state index contributed by atoms with van der Waals surface area (Å²) in [6, 6.07) is 18.1. The second-order valence-corrected chi connectivity index (χ2v) is 7.91. The van der Waals surface area contributed by atoms with Crippen LogP contribution in [0, 0.1) is 39.0 Å². The van der Waals surface area contributed by atoms with Gasteiger partial charge in [0.1, 0.15) is 17.4 Å². The maximum absolute atomic E-state index is 12.3. The molecule has 0 bridgehead atoms. The van der Waals surface area contributed by atoms with E-state index in [1.165, 1.54) is 0 Å². The van der Waals surface area contributed by atoms with Gasteiger partial charge in [-0.2, -0.15) is 10.4 Å². The Morgan fingerprint density at radius 1 is 1.15 bits per heavy atom. The van der Waals surface area contributed by atoms with Gasteiger partial charge in [-0.25, -0.2) is 5.43 Å². The number of hydrogen-bond acceptors (Lipinski definition) is 5. The molecule has 2 heterocycles. The first-order chi connectivity index (χ1) is 15.9. The summed E-state index contributed by atoms with van der Waals surface area (Å²) in [5.41, 5.74) is 7.41. The number of rotatable bonds is 6. The Labute approximate surface area is 192 Å². The summed E-state index contributed by atoms with van der Waals surface area (Å²) in [6.07, 6.45) is 1.60. The van der Waals surface area contributed by atoms with Gasteiger partial charge in [0.2, 0.25) is 5.88 Å². The molecule has 2 N–H and O–H groups in total. The first-order valence-corrected chi connectivity index (χ1v) is 10.6. The van der Waals surface area contributed by atoms with Crippen LogP contribution in [0.2, 0.25) is 0 Å². The molecular formula is C26H25N5O2. The Balaban J connectivity index is 1.45. The van der Waals surface area contributed by atoms with Crippen LogP contribution in [-0.4, -0.2) is 23.2 Å². The van der Waals surface area contributed by atoms with Crippen LogP contribution in [0.1, 0.15) is 33.8 Å². The zero-order chi connectivity index (χ0) is 23.5. The number of aromatic nitrogens is 1. The molecule has 2 aromatic carbocycles. The Morgan fingerprint density at radius 3 is 2.70 bits per heavy atom. The molecule has 4 aromatic rings. The lowest BCUT2D eigenvalue weighted by Gasteiger charge is -2.08. The van der Waals surface area contributed by atoms with Gasteiger partial charge in [0, 0.05) is 33.6 Å². The van der Waals surface area contributed by atoms with E-state index in [1.54, 1.807) is 6.21 Å². The number of carbonyl (C=O) groups is 1. The maximum Gasteiger partial charge on any atom is 0.259 e. The first-order valence-electron chi connectivity index (χ1n) is 10.6. The van der Waals surface area contributed by atoms with Crippen molar-refractivity contribution < 1.29 is 9.21 Å². The third kappa shape index (κ3) is 4.23. The van der Waals surface area contributed by atoms with Crippen LogP contribution in [0.15, 0.2) is 58.0 Å². The number of benzene rings is 2. The Morgan fingerprint density at radius 2 is 1.91 bits per heavy atom. The molecule has 0 unspecified atom stereocenters. The molecular weight excluding hydrogens is 414 g/mol. The zero-order valence-corrected chi connectivity index (χ0v) is 19.1. The monoisotopic (exact) mass is 439 g/mol. The average Bonchev–Trinajstić information content (AvgIpc) is 3.25. The summed E-state index contributed by atoms with van der Waals surface area (Å²) in [7, 11) is 0. The van der Waals surface area contributed by atoms with Crippen LogP contribution < -0.4 is 10.7 Å². The van der Waals surface area contributed by atoms with Gasteiger partial charge in [-0.3, -0.25) is 9.36 Å². The highest BCUT2D eigenvalue weighted by Crippen LogP contribution is 2.28. The van der Waals surface area contributed by atoms with Crippen molar-refractivity contribution >= 4 is 28.6 Å². The van der Waals surface area contributed by atoms with E-state index in [2.05, 4.69) is 21.9 Å². The molecule has 2 aromatic heterocycles. The molecule has 0 saturated heterocycles. The number of fused-ring (bicyclic) bond motifs is 1. The summed E-state index contributed by atoms with van der Waals surface area (Å²) in [5.74, 6) is 0.970. The highest BCUT2D eigenvalue weighted by atomic mass is 16.4. The number of aryl methyl sites for hydroxylation is 2. The van der Waals surface area contributed by atoms with Gasteiger partial charge in [-0.1, -0.05) is 36.4 Å². The number of carbonyl (C=O) groups excluding carboxylic acids is 1. The molecule has 0 spiro atoms. The van der Waals surface area contributed by atoms with Crippen molar-refractivity contribution in [2.24, 2.45) is 5.10 Å². The number of hydrazone groups is 1. The number of anilines is 1. The summed E-state index contributed by atoms with van der Waals surface area (Å²) in [4.78, 5) is 12.3. The van der Waals surface area contributed by atoms with E-state index >= 15 is 0 Å². The van der Waals surface area contributed by atoms with E-state index in [1.807, 2.05) is 80.8 Å². The van der Waals surface area contributed by atoms with E-state index in [0.29, 0.717) is 11.4 Å². The lowest BCUT2D eigenvalue weighted by atomic mass is 10.1. The van der Waals surface area contributed by atoms with E-state index in [4.69, 9.17) is 4.42 Å². The molecule has 0 saturated carbocycles. The number of hydrogen-bond donors (Lipinski definition) is 2. The van der Waals surface area contributed by atoms with E-state index < -0.39 is 0 Å². The molecule has 4 rings (SSSR count). The molecule has 0 aliphatic carbocycles. The fraction of sp³-hybridized carbons (Fsp3) is 0.192. The first kappa shape index (κ1) is 21.9. The minimum absolute atomic E-state index is 0.0981. The second-order valence-electron chi connectivity index (χ2n) is 7.91. The highest BCUT2D eigenvalue weighted by molar-refractivity contribution is 5.95. The predicted octanol–water partition coefficient (Wildman–Crippen LogP) is 4.89. The van der Waals surface area contributed by atoms with E-state index in [0.717, 1.165) is 44.7 Å². The molecule has 0 radical (unpaired) electrons. The molecule has 0 aliphatic rings. The van der Waals surface area contributed by atoms with Gasteiger partial charge in [-0.05, 0) is 45.2 Å². The molecule has 1 amide bonds. The van der Waals surface area contributed by atoms with Crippen LogP contribution in [0.25, 0.3) is 16.7 Å². The highest BCUT2D eigenvalue weighted by Gasteiger charge is 2.20. The van der Waals surface area contributed by atoms with Crippen molar-refractivity contribution in [3.63, 3.8) is 0 Å². The van der Waals surface area contributed by atoms with Crippen LogP contribution in [-0.2, 0) is 4.79 Å². The normalized spacial score (nSPS) is 11.1. The van der Waals surface area contributed by atoms with Crippen molar-refractivity contribution in [1.82, 2.24) is 9.99 Å². The lowest BCUT2D eigenvalue weighted by Crippen LogP contribution is -2.25. The van der Waals surface area contributed by atoms with Crippen LogP contribution in [0.4, 0.5) is 5.69 Å². The fourth-order valence-electron chi connectivity index (χ4n) is 3.90. The quantitative estimate of drug-likeness (QED) is 0.330. The van der Waals surface area contributed by atoms with Crippen molar-refractivity contribution in [3.05, 3.63) is 82.4 Å². The van der Waals surface area contributed by atoms with E-state index in [-0.39, 0.29) is 12.5 Å². The number of nitrogens with one attached hydrogen (secondary N) is 2. The number of nitrogens with zero attached hydrogens (tertiary/aromatic N) is 3. The Bertz CT molecular complexity index is 1410. The van der Waals surface area contributed by atoms with Gasteiger partial charge in [0.25, 0.3) is 5.91 Å². The molecule has 33 heavy (non-hydrogen) atoms. The summed E-state index contributed by atoms with van der Waals surface area (Å²) >= 11 is 0. The molecule has 166 valence electrons. The SMILES string of the molecule is Cc1oc(-n2c(C)cc(/C=N\NC(=O)CNc3cccc4ccccc34)c2C)c(C#N)c1C. The average molecular weight is 440 g/mol. The molecule has 7 heteroatoms. The predicted molar refractivity (Wildman–Crippen MR) is 130 cm³/mol. The molecule has 7 nitrogen and oxygen atoms in total. The maximum atomic E-state index is 12.3. The van der Waals surface area contributed by atoms with Crippen molar-refractivity contribution in [2.75, 3.05) is 11.9 Å². The Hall–Kier alpha value is -4.31. The van der Waals surface area contributed by atoms with Gasteiger partial charge < -0.3 is 9.73 Å². The van der Waals surface area contributed by atoms with Gasteiger partial charge in [-0.15, -0.1) is 0 Å². The van der Waals surface area contributed by atoms with Crippen LogP contribution in [0.3, 0.4) is 0 Å². The minimum Gasteiger partial charge on any atom is -0.443 e. The van der Waals surface area contributed by atoms with Crippen LogP contribution >= 0.6 is 0 Å². The second kappa shape index (κ2) is 9.05. The smallest absolute Gasteiger partial charge is 0.259 e. The zero-order valence-electron chi connectivity index (χ0n) is 19.1. The largest absolute Gasteiger partial charge is 0.443 e. The van der Waals surface area contributed by atoms with Crippen molar-refractivity contribution in [1.29, 1.82) is 5.26 Å². The Kier molecular flexibility index (Phi) is 6.01. The summed E-state index contributed by atoms with van der Waals surface area (Å²) in [6.45, 7) is 7.68. The third-order valence-corrected chi connectivity index (χ3v) is 5.77. The molecule has 0 aliphatic heterocycles. The minimum atomic E-state index is -0.253. The summed E-state index contributed by atoms with van der Waals surface area (Å²) < 4.78 is 7.76. The van der Waals surface area contributed by atoms with Crippen molar-refractivity contribution in [2.45, 2.75) is 27.7 Å². The van der Waals surface area contributed by atoms with Crippen molar-refractivity contribution in [3.8, 4) is 12.0 Å². The fourth-order valence-corrected chi connectivity index (χ4v) is 3.90. The van der Waals surface area contributed by atoms with Gasteiger partial charge in [0.05, 0.1) is 12.8 Å². The third-order valence-electron chi connectivity index (χ3n) is 5.77. The molecule has 0 atom stereocenters. The number of nitriles is 1. The van der Waals surface area contributed by atoms with E-state index in [9.17, 15) is 10.1 Å². The number of furan rings is 1.